The van der Waals surface area contributed by atoms with Gasteiger partial charge < -0.3 is 68.9 Å². The van der Waals surface area contributed by atoms with Crippen LogP contribution in [0, 0.1) is 0 Å². The molecular weight excluding hydrogens is 1190 g/mol. The van der Waals surface area contributed by atoms with Crippen LogP contribution in [0.5, 0.6) is 23.0 Å². The Bertz CT molecular complexity index is 3490. The number of benzene rings is 4. The molecule has 1 aromatic heterocycles. The van der Waals surface area contributed by atoms with E-state index in [-0.39, 0.29) is 90.5 Å². The first-order valence-electron chi connectivity index (χ1n) is 32.2. The summed E-state index contributed by atoms with van der Waals surface area (Å²) in [5.74, 6) is 0.170. The predicted octanol–water partition coefficient (Wildman–Crippen LogP) is 7.76. The number of aliphatic hydroxyl groups is 2. The minimum absolute atomic E-state index is 0.0567. The molecule has 4 bridgehead atoms. The van der Waals surface area contributed by atoms with Crippen LogP contribution >= 0.6 is 0 Å². The van der Waals surface area contributed by atoms with Crippen molar-refractivity contribution in [1.29, 1.82) is 0 Å². The number of aromatic nitrogens is 1. The van der Waals surface area contributed by atoms with Gasteiger partial charge in [0, 0.05) is 49.7 Å². The van der Waals surface area contributed by atoms with Crippen molar-refractivity contribution < 1.29 is 77.2 Å². The van der Waals surface area contributed by atoms with Gasteiger partial charge in [0.1, 0.15) is 40.8 Å². The molecule has 23 nitrogen and oxygen atoms in total. The Hall–Kier alpha value is -8.51. The molecule has 6 aliphatic heterocycles. The summed E-state index contributed by atoms with van der Waals surface area (Å²) in [5, 5.41) is 38.3. The Morgan fingerprint density at radius 1 is 0.559 bits per heavy atom. The molecule has 93 heavy (non-hydrogen) atoms. The van der Waals surface area contributed by atoms with Crippen molar-refractivity contribution in [2.24, 2.45) is 0 Å². The number of pyridine rings is 1. The van der Waals surface area contributed by atoms with Gasteiger partial charge in [0.2, 0.25) is 0 Å². The van der Waals surface area contributed by atoms with E-state index in [1.54, 1.807) is 115 Å². The molecular formula is C70H87N7O16. The second-order valence-corrected chi connectivity index (χ2v) is 26.4. The summed E-state index contributed by atoms with van der Waals surface area (Å²) in [6.45, 7) is 17.4. The van der Waals surface area contributed by atoms with Gasteiger partial charge in [-0.15, -0.1) is 0 Å². The Kier molecular flexibility index (Phi) is 21.2. The zero-order chi connectivity index (χ0) is 66.3. The van der Waals surface area contributed by atoms with E-state index in [1.807, 2.05) is 47.1 Å². The molecule has 4 saturated heterocycles. The number of nitrogens with one attached hydrogen (secondary N) is 2. The number of aromatic hydroxyl groups is 1. The molecule has 4 aromatic carbocycles. The number of fused-ring (bicyclic) bond motifs is 6. The molecule has 4 fully saturated rings. The van der Waals surface area contributed by atoms with Crippen molar-refractivity contribution in [2.45, 2.75) is 173 Å². The highest BCUT2D eigenvalue weighted by atomic mass is 16.6. The average Bonchev–Trinajstić information content (AvgIpc) is 2.02. The molecule has 6 amide bonds. The van der Waals surface area contributed by atoms with Gasteiger partial charge in [-0.05, 0) is 195 Å². The van der Waals surface area contributed by atoms with Gasteiger partial charge in [-0.1, -0.05) is 12.1 Å². The zero-order valence-corrected chi connectivity index (χ0v) is 54.3. The summed E-state index contributed by atoms with van der Waals surface area (Å²) in [6, 6.07) is 23.0. The molecule has 11 rings (SSSR count). The third kappa shape index (κ3) is 16.3. The second kappa shape index (κ2) is 29.2. The third-order valence-corrected chi connectivity index (χ3v) is 17.4. The van der Waals surface area contributed by atoms with E-state index >= 15 is 0 Å². The normalized spacial score (nSPS) is 21.2. The highest BCUT2D eigenvalue weighted by Gasteiger charge is 2.44. The average molecular weight is 1280 g/mol. The number of carbonyl (C=O) groups is 6. The Labute approximate surface area is 542 Å². The molecule has 7 heterocycles. The number of rotatable bonds is 17. The molecule has 0 aliphatic carbocycles. The fourth-order valence-electron chi connectivity index (χ4n) is 13.0. The largest absolute Gasteiger partial charge is 0.508 e. The summed E-state index contributed by atoms with van der Waals surface area (Å²) in [4.78, 5) is 91.1. The van der Waals surface area contributed by atoms with Gasteiger partial charge in [0.15, 0.2) is 0 Å². The highest BCUT2D eigenvalue weighted by Crippen LogP contribution is 2.36. The number of ether oxygens (including phenoxy) is 7. The van der Waals surface area contributed by atoms with E-state index in [9.17, 15) is 44.1 Å². The molecule has 4 unspecified atom stereocenters. The van der Waals surface area contributed by atoms with Crippen molar-refractivity contribution in [3.63, 3.8) is 0 Å². The molecule has 5 N–H and O–H groups in total. The second-order valence-electron chi connectivity index (χ2n) is 26.4. The number of hydrogen-bond acceptors (Lipinski definition) is 17. The summed E-state index contributed by atoms with van der Waals surface area (Å²) in [7, 11) is 0. The van der Waals surface area contributed by atoms with E-state index in [1.165, 1.54) is 9.80 Å². The fraction of sp³-hybridized carbons (Fsp3) is 0.500. The van der Waals surface area contributed by atoms with Crippen molar-refractivity contribution in [3.8, 4) is 23.0 Å². The molecule has 23 heteroatoms. The first-order chi connectivity index (χ1) is 44.4. The molecule has 0 radical (unpaired) electrons. The summed E-state index contributed by atoms with van der Waals surface area (Å²) in [5.41, 5.74) is 4.37. The van der Waals surface area contributed by atoms with Crippen LogP contribution in [0.1, 0.15) is 150 Å². The number of phenolic OH excluding ortho intramolecular Hbond substituents is 1. The fourth-order valence-corrected chi connectivity index (χ4v) is 13.0. The number of phenols is 1. The lowest BCUT2D eigenvalue weighted by atomic mass is 9.91. The molecule has 498 valence electrons. The van der Waals surface area contributed by atoms with Crippen molar-refractivity contribution >= 4 is 35.8 Å². The molecule has 6 aliphatic rings. The lowest BCUT2D eigenvalue weighted by Gasteiger charge is -2.40. The number of nitrogens with zero attached hydrogens (tertiary/aromatic N) is 5. The van der Waals surface area contributed by atoms with Crippen LogP contribution in [0.4, 0.5) is 9.59 Å². The van der Waals surface area contributed by atoms with Gasteiger partial charge >= 0.3 is 12.2 Å². The van der Waals surface area contributed by atoms with Gasteiger partial charge in [0.05, 0.1) is 99.2 Å². The topological polar surface area (TPSA) is 278 Å². The standard InChI is InChI=1S/C38H46N4O8.C32H41N3O8/c1-5-48-34-18-26(36(45)42-28-8-9-29(42)23-47-22-28)7-11-31(34)35(44)40-19-33(43)32-17-25-6-10-30(49-21-24-12-14-39-15-13-24)16-27(25)20-41(32)37(46)50-38(2,3)4;1-5-42-28-14-20(30(39)35-22-8-9-23(35)18-41-17-22)7-11-25(28)29(38)33-15-27(37)26-13-19-6-10-24(36)12-21(19)16-34(26)31(40)43-32(2,3)4/h6-7,10-16,18,28-29,32-33,43H,5,8-9,17,19-23H2,1-4H3,(H,40,44);6-7,10-12,14,22-23,26-27,36-37H,5,8-9,13,15-18H2,1-4H3,(H,33,38)/t28?,29?,32-,33+;22?,23?,26-,27+/m00/s1. The number of hydrogen-bond donors (Lipinski definition) is 5. The molecule has 8 atom stereocenters. The van der Waals surface area contributed by atoms with Crippen molar-refractivity contribution in [1.82, 2.24) is 35.2 Å². The van der Waals surface area contributed by atoms with Gasteiger partial charge in [-0.3, -0.25) is 34.0 Å². The maximum atomic E-state index is 13.5. The van der Waals surface area contributed by atoms with Crippen LogP contribution in [0.2, 0.25) is 0 Å². The summed E-state index contributed by atoms with van der Waals surface area (Å²) >= 11 is 0. The number of amides is 6. The van der Waals surface area contributed by atoms with E-state index in [2.05, 4.69) is 15.6 Å². The lowest BCUT2D eigenvalue weighted by Crippen LogP contribution is -2.54. The monoisotopic (exact) mass is 1280 g/mol. The molecule has 0 saturated carbocycles. The van der Waals surface area contributed by atoms with E-state index in [4.69, 9.17) is 33.2 Å². The van der Waals surface area contributed by atoms with Crippen LogP contribution in [0.25, 0.3) is 0 Å². The highest BCUT2D eigenvalue weighted by molar-refractivity contribution is 6.01. The Morgan fingerprint density at radius 3 is 1.42 bits per heavy atom. The SMILES string of the molecule is CCOc1cc(C(=O)N2C3CCC2COC3)ccc1C(=O)NC[C@@H](O)[C@@H]1Cc2ccc(O)cc2CN1C(=O)OC(C)(C)C.CCOc1cc(C(=O)N2C3CCC2COC3)ccc1C(=O)NC[C@@H](O)[C@@H]1Cc2ccc(OCc3ccncc3)cc2CN1C(=O)OC(C)(C)C. The van der Waals surface area contributed by atoms with E-state index in [0.717, 1.165) is 53.5 Å². The van der Waals surface area contributed by atoms with Gasteiger partial charge in [0.25, 0.3) is 23.6 Å². The number of carbonyl (C=O) groups excluding carboxylic acids is 6. The summed E-state index contributed by atoms with van der Waals surface area (Å²) in [6.07, 6.45) is 4.36. The molecule has 0 spiro atoms. The van der Waals surface area contributed by atoms with Crippen LogP contribution in [-0.4, -0.2) is 188 Å². The van der Waals surface area contributed by atoms with E-state index < -0.39 is 59.5 Å². The van der Waals surface area contributed by atoms with Crippen LogP contribution in [0.3, 0.4) is 0 Å². The Morgan fingerprint density at radius 2 is 0.989 bits per heavy atom. The number of aliphatic hydroxyl groups excluding tert-OH is 2. The van der Waals surface area contributed by atoms with Crippen LogP contribution in [-0.2, 0) is 51.5 Å². The van der Waals surface area contributed by atoms with E-state index in [0.29, 0.717) is 76.0 Å². The first-order valence-corrected chi connectivity index (χ1v) is 32.2. The lowest BCUT2D eigenvalue weighted by molar-refractivity contribution is -0.0118. The quantitative estimate of drug-likeness (QED) is 0.0595. The van der Waals surface area contributed by atoms with Crippen LogP contribution < -0.4 is 24.8 Å². The maximum absolute atomic E-state index is 13.5. The van der Waals surface area contributed by atoms with Crippen molar-refractivity contribution in [3.05, 3.63) is 147 Å². The zero-order valence-electron chi connectivity index (χ0n) is 54.3. The molecule has 5 aromatic rings. The maximum Gasteiger partial charge on any atom is 0.410 e. The smallest absolute Gasteiger partial charge is 0.410 e. The first kappa shape index (κ1) is 67.4. The summed E-state index contributed by atoms with van der Waals surface area (Å²) < 4.78 is 40.2. The minimum Gasteiger partial charge on any atom is -0.508 e. The van der Waals surface area contributed by atoms with Crippen molar-refractivity contribution in [2.75, 3.05) is 52.7 Å². The van der Waals surface area contributed by atoms with Crippen LogP contribution in [0.15, 0.2) is 97.3 Å². The number of morpholine rings is 2. The minimum atomic E-state index is -1.12. The van der Waals surface area contributed by atoms with Gasteiger partial charge in [-0.25, -0.2) is 9.59 Å². The van der Waals surface area contributed by atoms with Gasteiger partial charge in [-0.2, -0.15) is 0 Å². The Balaban J connectivity index is 0.000000206. The third-order valence-electron chi connectivity index (χ3n) is 17.4. The predicted molar refractivity (Wildman–Crippen MR) is 341 cm³/mol.